The summed E-state index contributed by atoms with van der Waals surface area (Å²) in [6.07, 6.45) is 3.18. The molecule has 2 aromatic rings. The van der Waals surface area contributed by atoms with Gasteiger partial charge in [0.25, 0.3) is 5.91 Å². The maximum Gasteiger partial charge on any atom is 0.417 e. The number of hydrogen-bond donors (Lipinski definition) is 0. The SMILES string of the molecule is O=C(/C=C/c1cccs1)N1C(=O)OC[C@@H]1Cc1ccccc1. The van der Waals surface area contributed by atoms with Gasteiger partial charge >= 0.3 is 6.09 Å². The molecule has 1 aromatic carbocycles. The van der Waals surface area contributed by atoms with Crippen LogP contribution >= 0.6 is 11.3 Å². The summed E-state index contributed by atoms with van der Waals surface area (Å²) in [4.78, 5) is 26.3. The van der Waals surface area contributed by atoms with Crippen LogP contribution < -0.4 is 0 Å². The smallest absolute Gasteiger partial charge is 0.417 e. The second-order valence-corrected chi connectivity index (χ2v) is 5.96. The predicted octanol–water partition coefficient (Wildman–Crippen LogP) is 3.35. The predicted molar refractivity (Wildman–Crippen MR) is 85.5 cm³/mol. The van der Waals surface area contributed by atoms with Crippen LogP contribution in [-0.2, 0) is 16.0 Å². The van der Waals surface area contributed by atoms with Crippen LogP contribution in [-0.4, -0.2) is 29.5 Å². The van der Waals surface area contributed by atoms with Gasteiger partial charge < -0.3 is 4.74 Å². The molecular formula is C17H15NO3S. The Morgan fingerprint density at radius 3 is 2.82 bits per heavy atom. The van der Waals surface area contributed by atoms with Gasteiger partial charge in [0.15, 0.2) is 0 Å². The summed E-state index contributed by atoms with van der Waals surface area (Å²) >= 11 is 1.54. The molecule has 4 nitrogen and oxygen atoms in total. The molecule has 2 amide bonds. The lowest BCUT2D eigenvalue weighted by Gasteiger charge is -2.17. The largest absolute Gasteiger partial charge is 0.447 e. The van der Waals surface area contributed by atoms with Crippen LogP contribution in [0, 0.1) is 0 Å². The molecule has 0 N–H and O–H groups in total. The van der Waals surface area contributed by atoms with Gasteiger partial charge in [-0.25, -0.2) is 9.69 Å². The van der Waals surface area contributed by atoms with E-state index in [2.05, 4.69) is 0 Å². The number of amides is 2. The van der Waals surface area contributed by atoms with Crippen molar-refractivity contribution in [2.45, 2.75) is 12.5 Å². The Labute approximate surface area is 132 Å². The van der Waals surface area contributed by atoms with Gasteiger partial charge in [-0.2, -0.15) is 0 Å². The van der Waals surface area contributed by atoms with Gasteiger partial charge in [-0.1, -0.05) is 36.4 Å². The third kappa shape index (κ3) is 3.26. The van der Waals surface area contributed by atoms with Crippen molar-refractivity contribution in [1.82, 2.24) is 4.90 Å². The van der Waals surface area contributed by atoms with Crippen molar-refractivity contribution >= 4 is 29.4 Å². The molecule has 1 fully saturated rings. The van der Waals surface area contributed by atoms with Crippen molar-refractivity contribution in [1.29, 1.82) is 0 Å². The van der Waals surface area contributed by atoms with E-state index in [1.165, 1.54) is 22.3 Å². The highest BCUT2D eigenvalue weighted by molar-refractivity contribution is 7.10. The highest BCUT2D eigenvalue weighted by Gasteiger charge is 2.36. The minimum atomic E-state index is -0.568. The van der Waals surface area contributed by atoms with Crippen LogP contribution in [0.2, 0.25) is 0 Å². The highest BCUT2D eigenvalue weighted by atomic mass is 32.1. The Kier molecular flexibility index (Phi) is 4.34. The van der Waals surface area contributed by atoms with Crippen LogP contribution in [0.3, 0.4) is 0 Å². The standard InChI is InChI=1S/C17H15NO3S/c19-16(9-8-15-7-4-10-22-15)18-14(12-21-17(18)20)11-13-5-2-1-3-6-13/h1-10,14H,11-12H2/b9-8+/t14-/m0/s1. The number of rotatable bonds is 4. The second kappa shape index (κ2) is 6.58. The first-order valence-corrected chi connectivity index (χ1v) is 7.87. The van der Waals surface area contributed by atoms with Crippen LogP contribution in [0.25, 0.3) is 6.08 Å². The molecule has 1 aromatic heterocycles. The zero-order valence-electron chi connectivity index (χ0n) is 11.8. The third-order valence-corrected chi connectivity index (χ3v) is 4.28. The fourth-order valence-electron chi connectivity index (χ4n) is 2.39. The minimum Gasteiger partial charge on any atom is -0.447 e. The number of nitrogens with zero attached hydrogens (tertiary/aromatic N) is 1. The molecule has 0 spiro atoms. The lowest BCUT2D eigenvalue weighted by Crippen LogP contribution is -2.39. The first-order valence-electron chi connectivity index (χ1n) is 6.99. The first kappa shape index (κ1) is 14.5. The van der Waals surface area contributed by atoms with Crippen LogP contribution in [0.5, 0.6) is 0 Å². The summed E-state index contributed by atoms with van der Waals surface area (Å²) in [6.45, 7) is 0.242. The van der Waals surface area contributed by atoms with E-state index < -0.39 is 6.09 Å². The first-order chi connectivity index (χ1) is 10.7. The lowest BCUT2D eigenvalue weighted by atomic mass is 10.1. The van der Waals surface area contributed by atoms with E-state index in [4.69, 9.17) is 4.74 Å². The molecular weight excluding hydrogens is 298 g/mol. The van der Waals surface area contributed by atoms with Crippen molar-refractivity contribution in [3.05, 3.63) is 64.4 Å². The molecule has 1 atom stereocenters. The molecule has 0 saturated carbocycles. The zero-order chi connectivity index (χ0) is 15.4. The summed E-state index contributed by atoms with van der Waals surface area (Å²) in [6, 6.07) is 13.4. The molecule has 2 heterocycles. The number of benzene rings is 1. The molecule has 1 saturated heterocycles. The van der Waals surface area contributed by atoms with Crippen molar-refractivity contribution in [3.63, 3.8) is 0 Å². The number of carbonyl (C=O) groups is 2. The molecule has 22 heavy (non-hydrogen) atoms. The van der Waals surface area contributed by atoms with Gasteiger partial charge in [0.1, 0.15) is 6.61 Å². The Morgan fingerprint density at radius 1 is 1.27 bits per heavy atom. The molecule has 1 aliphatic heterocycles. The third-order valence-electron chi connectivity index (χ3n) is 3.45. The van der Waals surface area contributed by atoms with Crippen molar-refractivity contribution in [2.24, 2.45) is 0 Å². The van der Waals surface area contributed by atoms with Gasteiger partial charge in [0.2, 0.25) is 0 Å². The lowest BCUT2D eigenvalue weighted by molar-refractivity contribution is -0.124. The highest BCUT2D eigenvalue weighted by Crippen LogP contribution is 2.18. The molecule has 0 bridgehead atoms. The number of thiophene rings is 1. The number of carbonyl (C=O) groups excluding carboxylic acids is 2. The van der Waals surface area contributed by atoms with E-state index in [0.717, 1.165) is 10.4 Å². The molecule has 3 rings (SSSR count). The van der Waals surface area contributed by atoms with Crippen molar-refractivity contribution in [3.8, 4) is 0 Å². The van der Waals surface area contributed by atoms with E-state index in [-0.39, 0.29) is 18.6 Å². The fraction of sp³-hybridized carbons (Fsp3) is 0.176. The fourth-order valence-corrected chi connectivity index (χ4v) is 3.00. The monoisotopic (exact) mass is 313 g/mol. The van der Waals surface area contributed by atoms with E-state index >= 15 is 0 Å². The Morgan fingerprint density at radius 2 is 2.09 bits per heavy atom. The van der Waals surface area contributed by atoms with E-state index in [9.17, 15) is 9.59 Å². The molecule has 0 aliphatic carbocycles. The maximum absolute atomic E-state index is 12.3. The normalized spacial score (nSPS) is 17.9. The van der Waals surface area contributed by atoms with Crippen LogP contribution in [0.1, 0.15) is 10.4 Å². The Bertz CT molecular complexity index is 679. The maximum atomic E-state index is 12.3. The molecule has 112 valence electrons. The molecule has 5 heteroatoms. The van der Waals surface area contributed by atoms with Crippen LogP contribution in [0.4, 0.5) is 4.79 Å². The Balaban J connectivity index is 1.72. The summed E-state index contributed by atoms with van der Waals surface area (Å²) < 4.78 is 5.04. The number of imide groups is 1. The van der Waals surface area contributed by atoms with Crippen molar-refractivity contribution < 1.29 is 14.3 Å². The average molecular weight is 313 g/mol. The molecule has 1 aliphatic rings. The second-order valence-electron chi connectivity index (χ2n) is 4.98. The quantitative estimate of drug-likeness (QED) is 0.813. The molecule has 0 radical (unpaired) electrons. The van der Waals surface area contributed by atoms with Crippen molar-refractivity contribution in [2.75, 3.05) is 6.61 Å². The van der Waals surface area contributed by atoms with Crippen LogP contribution in [0.15, 0.2) is 53.9 Å². The van der Waals surface area contributed by atoms with E-state index in [0.29, 0.717) is 6.42 Å². The topological polar surface area (TPSA) is 46.6 Å². The van der Waals surface area contributed by atoms with Gasteiger partial charge in [-0.05, 0) is 29.5 Å². The van der Waals surface area contributed by atoms with E-state index in [1.54, 1.807) is 6.08 Å². The number of cyclic esters (lactones) is 1. The minimum absolute atomic E-state index is 0.242. The zero-order valence-corrected chi connectivity index (χ0v) is 12.7. The average Bonchev–Trinajstić information content (AvgIpc) is 3.16. The van der Waals surface area contributed by atoms with Gasteiger partial charge in [-0.3, -0.25) is 4.79 Å². The summed E-state index contributed by atoms with van der Waals surface area (Å²) in [7, 11) is 0. The van der Waals surface area contributed by atoms with E-state index in [1.807, 2.05) is 47.8 Å². The summed E-state index contributed by atoms with van der Waals surface area (Å²) in [5.41, 5.74) is 1.07. The number of hydrogen-bond acceptors (Lipinski definition) is 4. The van der Waals surface area contributed by atoms with Gasteiger partial charge in [0.05, 0.1) is 6.04 Å². The van der Waals surface area contributed by atoms with Gasteiger partial charge in [0, 0.05) is 11.0 Å². The van der Waals surface area contributed by atoms with Gasteiger partial charge in [-0.15, -0.1) is 11.3 Å². The summed E-state index contributed by atoms with van der Waals surface area (Å²) in [5, 5.41) is 1.94. The number of ether oxygens (including phenoxy) is 1. The molecule has 0 unspecified atom stereocenters. The summed E-state index contributed by atoms with van der Waals surface area (Å²) in [5.74, 6) is -0.336. The Hall–Kier alpha value is -2.40.